The van der Waals surface area contributed by atoms with Crippen molar-refractivity contribution >= 4 is 11.8 Å². The van der Waals surface area contributed by atoms with E-state index in [1.165, 1.54) is 12.1 Å². The number of carbonyl (C=O) groups is 1. The third kappa shape index (κ3) is 4.79. The van der Waals surface area contributed by atoms with Crippen LogP contribution in [0, 0.1) is 5.82 Å². The minimum absolute atomic E-state index is 0.155. The van der Waals surface area contributed by atoms with Gasteiger partial charge in [-0.05, 0) is 64.2 Å². The molecule has 0 bridgehead atoms. The summed E-state index contributed by atoms with van der Waals surface area (Å²) in [6, 6.07) is 6.59. The van der Waals surface area contributed by atoms with Crippen LogP contribution in [0.25, 0.3) is 0 Å². The van der Waals surface area contributed by atoms with Crippen molar-refractivity contribution in [2.75, 3.05) is 6.61 Å². The SMILES string of the molecule is CCC(CC(C)(C)NC(=O)C1=NC(C)(C)CO1)c1ccc(F)cc1. The Morgan fingerprint density at radius 1 is 1.38 bits per heavy atom. The van der Waals surface area contributed by atoms with Crippen molar-refractivity contribution in [2.24, 2.45) is 4.99 Å². The first-order chi connectivity index (χ1) is 11.1. The predicted molar refractivity (Wildman–Crippen MR) is 93.7 cm³/mol. The van der Waals surface area contributed by atoms with Crippen LogP contribution < -0.4 is 5.32 Å². The summed E-state index contributed by atoms with van der Waals surface area (Å²) in [5, 5.41) is 3.01. The monoisotopic (exact) mass is 334 g/mol. The molecule has 1 heterocycles. The average Bonchev–Trinajstić information content (AvgIpc) is 2.86. The Labute approximate surface area is 143 Å². The van der Waals surface area contributed by atoms with E-state index in [1.54, 1.807) is 0 Å². The molecule has 1 N–H and O–H groups in total. The van der Waals surface area contributed by atoms with Gasteiger partial charge in [0.25, 0.3) is 5.90 Å². The fraction of sp³-hybridized carbons (Fsp3) is 0.579. The molecule has 1 amide bonds. The molecule has 5 heteroatoms. The molecule has 24 heavy (non-hydrogen) atoms. The van der Waals surface area contributed by atoms with Gasteiger partial charge >= 0.3 is 5.91 Å². The molecule has 1 aliphatic heterocycles. The molecule has 1 aromatic rings. The van der Waals surface area contributed by atoms with Crippen molar-refractivity contribution in [3.8, 4) is 0 Å². The van der Waals surface area contributed by atoms with Gasteiger partial charge in [0.1, 0.15) is 12.4 Å². The number of nitrogens with zero attached hydrogens (tertiary/aromatic N) is 1. The summed E-state index contributed by atoms with van der Waals surface area (Å²) in [6.45, 7) is 10.3. The summed E-state index contributed by atoms with van der Waals surface area (Å²) in [5.74, 6) is -0.119. The molecule has 1 unspecified atom stereocenters. The van der Waals surface area contributed by atoms with Crippen LogP contribution in [0.5, 0.6) is 0 Å². The summed E-state index contributed by atoms with van der Waals surface area (Å²) in [4.78, 5) is 16.7. The lowest BCUT2D eigenvalue weighted by molar-refractivity contribution is -0.117. The predicted octanol–water partition coefficient (Wildman–Crippen LogP) is 3.81. The van der Waals surface area contributed by atoms with Crippen LogP contribution in [0.4, 0.5) is 4.39 Å². The Balaban J connectivity index is 2.04. The van der Waals surface area contributed by atoms with Gasteiger partial charge in [-0.25, -0.2) is 9.38 Å². The molecule has 0 spiro atoms. The number of benzene rings is 1. The highest BCUT2D eigenvalue weighted by Gasteiger charge is 2.33. The van der Waals surface area contributed by atoms with Crippen molar-refractivity contribution < 1.29 is 13.9 Å². The van der Waals surface area contributed by atoms with E-state index >= 15 is 0 Å². The molecule has 0 aromatic heterocycles. The summed E-state index contributed by atoms with van der Waals surface area (Å²) >= 11 is 0. The average molecular weight is 334 g/mol. The maximum Gasteiger partial charge on any atom is 0.306 e. The van der Waals surface area contributed by atoms with E-state index in [4.69, 9.17) is 4.74 Å². The highest BCUT2D eigenvalue weighted by Crippen LogP contribution is 2.29. The number of rotatable bonds is 6. The third-order valence-corrected chi connectivity index (χ3v) is 4.20. The van der Waals surface area contributed by atoms with Gasteiger partial charge in [-0.2, -0.15) is 0 Å². The molecule has 0 aliphatic carbocycles. The van der Waals surface area contributed by atoms with Crippen molar-refractivity contribution in [3.05, 3.63) is 35.6 Å². The Kier molecular flexibility index (Phi) is 5.31. The van der Waals surface area contributed by atoms with Crippen LogP contribution in [0.1, 0.15) is 58.9 Å². The first-order valence-electron chi connectivity index (χ1n) is 8.42. The van der Waals surface area contributed by atoms with Crippen LogP contribution in [-0.4, -0.2) is 29.5 Å². The van der Waals surface area contributed by atoms with Gasteiger partial charge in [-0.3, -0.25) is 4.79 Å². The number of ether oxygens (including phenoxy) is 1. The topological polar surface area (TPSA) is 50.7 Å². The second-order valence-electron chi connectivity index (χ2n) is 7.72. The zero-order valence-electron chi connectivity index (χ0n) is 15.1. The number of amides is 1. The van der Waals surface area contributed by atoms with Crippen molar-refractivity contribution in [1.29, 1.82) is 0 Å². The maximum atomic E-state index is 13.1. The lowest BCUT2D eigenvalue weighted by Crippen LogP contribution is -2.47. The lowest BCUT2D eigenvalue weighted by Gasteiger charge is -2.30. The zero-order valence-corrected chi connectivity index (χ0v) is 15.1. The highest BCUT2D eigenvalue weighted by atomic mass is 19.1. The number of halogens is 1. The van der Waals surface area contributed by atoms with Crippen molar-refractivity contribution in [2.45, 2.75) is 64.5 Å². The van der Waals surface area contributed by atoms with Gasteiger partial charge in [0, 0.05) is 5.54 Å². The van der Waals surface area contributed by atoms with Crippen molar-refractivity contribution in [1.82, 2.24) is 5.32 Å². The minimum atomic E-state index is -0.426. The number of hydrogen-bond acceptors (Lipinski definition) is 3. The van der Waals surface area contributed by atoms with Crippen LogP contribution in [0.3, 0.4) is 0 Å². The van der Waals surface area contributed by atoms with E-state index in [2.05, 4.69) is 17.2 Å². The van der Waals surface area contributed by atoms with Crippen LogP contribution in [0.2, 0.25) is 0 Å². The molecule has 0 saturated heterocycles. The Bertz CT molecular complexity index is 621. The number of hydrogen-bond donors (Lipinski definition) is 1. The second-order valence-corrected chi connectivity index (χ2v) is 7.72. The van der Waals surface area contributed by atoms with E-state index in [0.717, 1.165) is 18.4 Å². The van der Waals surface area contributed by atoms with Crippen LogP contribution >= 0.6 is 0 Å². The minimum Gasteiger partial charge on any atom is -0.471 e. The normalized spacial score (nSPS) is 17.8. The molecule has 132 valence electrons. The summed E-state index contributed by atoms with van der Waals surface area (Å²) in [7, 11) is 0. The second kappa shape index (κ2) is 6.91. The van der Waals surface area contributed by atoms with Gasteiger partial charge in [-0.1, -0.05) is 19.1 Å². The molecule has 1 aliphatic rings. The fourth-order valence-corrected chi connectivity index (χ4v) is 2.96. The Morgan fingerprint density at radius 2 is 2.00 bits per heavy atom. The first-order valence-corrected chi connectivity index (χ1v) is 8.42. The lowest BCUT2D eigenvalue weighted by atomic mass is 9.84. The summed E-state index contributed by atoms with van der Waals surface area (Å²) < 4.78 is 18.5. The van der Waals surface area contributed by atoms with Crippen LogP contribution in [0.15, 0.2) is 29.3 Å². The van der Waals surface area contributed by atoms with Crippen LogP contribution in [-0.2, 0) is 9.53 Å². The Hall–Kier alpha value is -1.91. The van der Waals surface area contributed by atoms with Gasteiger partial charge < -0.3 is 10.1 Å². The van der Waals surface area contributed by atoms with Gasteiger partial charge in [0.15, 0.2) is 0 Å². The molecule has 1 aromatic carbocycles. The van der Waals surface area contributed by atoms with Gasteiger partial charge in [-0.15, -0.1) is 0 Å². The van der Waals surface area contributed by atoms with E-state index < -0.39 is 5.54 Å². The molecule has 0 fully saturated rings. The van der Waals surface area contributed by atoms with Gasteiger partial charge in [0.2, 0.25) is 0 Å². The first kappa shape index (κ1) is 18.4. The fourth-order valence-electron chi connectivity index (χ4n) is 2.96. The zero-order chi connectivity index (χ0) is 18.0. The summed E-state index contributed by atoms with van der Waals surface area (Å²) in [6.07, 6.45) is 1.66. The molecule has 2 rings (SSSR count). The van der Waals surface area contributed by atoms with E-state index in [1.807, 2.05) is 39.8 Å². The largest absolute Gasteiger partial charge is 0.471 e. The van der Waals surface area contributed by atoms with E-state index in [9.17, 15) is 9.18 Å². The quantitative estimate of drug-likeness (QED) is 0.860. The Morgan fingerprint density at radius 3 is 2.50 bits per heavy atom. The number of nitrogens with one attached hydrogen (secondary N) is 1. The van der Waals surface area contributed by atoms with E-state index in [-0.39, 0.29) is 29.1 Å². The third-order valence-electron chi connectivity index (χ3n) is 4.20. The maximum absolute atomic E-state index is 13.1. The smallest absolute Gasteiger partial charge is 0.306 e. The van der Waals surface area contributed by atoms with E-state index in [0.29, 0.717) is 6.61 Å². The number of aliphatic imine (C=N–C) groups is 1. The molecular weight excluding hydrogens is 307 g/mol. The molecule has 0 saturated carbocycles. The molecule has 0 radical (unpaired) electrons. The number of carbonyl (C=O) groups excluding carboxylic acids is 1. The molecule has 1 atom stereocenters. The van der Waals surface area contributed by atoms with Gasteiger partial charge in [0.05, 0.1) is 5.54 Å². The standard InChI is InChI=1S/C19H27FN2O2/c1-6-13(14-7-9-15(20)10-8-14)11-18(2,3)21-16(23)17-22-19(4,5)12-24-17/h7-10,13H,6,11-12H2,1-5H3,(H,21,23). The highest BCUT2D eigenvalue weighted by molar-refractivity contribution is 6.35. The summed E-state index contributed by atoms with van der Waals surface area (Å²) in [5.41, 5.74) is 0.304. The van der Waals surface area contributed by atoms with Crippen molar-refractivity contribution in [3.63, 3.8) is 0 Å². The molecular formula is C19H27FN2O2. The molecule has 4 nitrogen and oxygen atoms in total.